The Morgan fingerprint density at radius 2 is 2.33 bits per heavy atom. The first-order valence-electron chi connectivity index (χ1n) is 6.06. The van der Waals surface area contributed by atoms with Crippen LogP contribution in [0, 0.1) is 6.92 Å². The zero-order valence-electron chi connectivity index (χ0n) is 10.2. The van der Waals surface area contributed by atoms with Gasteiger partial charge in [-0.05, 0) is 43.2 Å². The molecule has 1 aromatic heterocycles. The lowest BCUT2D eigenvalue weighted by Gasteiger charge is -2.01. The van der Waals surface area contributed by atoms with E-state index >= 15 is 0 Å². The quantitative estimate of drug-likeness (QED) is 0.841. The zero-order chi connectivity index (χ0) is 12.5. The molecular weight excluding hydrogens is 246 g/mol. The lowest BCUT2D eigenvalue weighted by atomic mass is 10.1. The third-order valence-corrected chi connectivity index (χ3v) is 4.56. The van der Waals surface area contributed by atoms with Gasteiger partial charge in [-0.25, -0.2) is 0 Å². The number of hydrogen-bond acceptors (Lipinski definition) is 5. The maximum atomic E-state index is 5.89. The molecule has 2 aromatic rings. The highest BCUT2D eigenvalue weighted by molar-refractivity contribution is 7.99. The summed E-state index contributed by atoms with van der Waals surface area (Å²) in [5.74, 6) is 2.56. The normalized spacial score (nSPS) is 19.3. The molecule has 18 heavy (non-hydrogen) atoms. The fraction of sp³-hybridized carbons (Fsp3) is 0.385. The highest BCUT2D eigenvalue weighted by atomic mass is 32.2. The number of nitrogens with two attached hydrogens (primary N) is 1. The Bertz CT molecular complexity index is 561. The minimum atomic E-state index is 0.394. The molecule has 2 heterocycles. The van der Waals surface area contributed by atoms with Gasteiger partial charge in [0.2, 0.25) is 0 Å². The van der Waals surface area contributed by atoms with Gasteiger partial charge in [-0.3, -0.25) is 0 Å². The first kappa shape index (κ1) is 11.6. The zero-order valence-corrected chi connectivity index (χ0v) is 11.0. The van der Waals surface area contributed by atoms with Crippen LogP contribution in [0.4, 0.5) is 5.69 Å². The van der Waals surface area contributed by atoms with E-state index in [0.29, 0.717) is 11.1 Å². The number of nitrogen functional groups attached to an aromatic ring is 1. The standard InChI is InChI=1S/C13H15N3OS/c1-8-4-5-9(7-10(8)14)13-15-12(16-17-13)11-3-2-6-18-11/h4-5,7,11H,2-3,6,14H2,1H3. The molecule has 0 spiro atoms. The molecule has 0 radical (unpaired) electrons. The molecule has 5 heteroatoms. The maximum Gasteiger partial charge on any atom is 0.258 e. The average molecular weight is 261 g/mol. The summed E-state index contributed by atoms with van der Waals surface area (Å²) in [6.07, 6.45) is 2.37. The summed E-state index contributed by atoms with van der Waals surface area (Å²) in [4.78, 5) is 4.48. The van der Waals surface area contributed by atoms with E-state index in [1.165, 1.54) is 12.2 Å². The average Bonchev–Trinajstić information content (AvgIpc) is 3.01. The second-order valence-electron chi connectivity index (χ2n) is 4.53. The van der Waals surface area contributed by atoms with Crippen LogP contribution in [-0.4, -0.2) is 15.9 Å². The van der Waals surface area contributed by atoms with Crippen LogP contribution in [0.1, 0.15) is 29.5 Å². The lowest BCUT2D eigenvalue weighted by Crippen LogP contribution is -1.92. The molecule has 3 rings (SSSR count). The number of benzene rings is 1. The minimum absolute atomic E-state index is 0.394. The summed E-state index contributed by atoms with van der Waals surface area (Å²) < 4.78 is 5.33. The molecule has 1 aliphatic heterocycles. The number of thioether (sulfide) groups is 1. The third kappa shape index (κ3) is 2.10. The molecule has 1 saturated heterocycles. The summed E-state index contributed by atoms with van der Waals surface area (Å²) in [6.45, 7) is 1.98. The predicted molar refractivity (Wildman–Crippen MR) is 73.3 cm³/mol. The van der Waals surface area contributed by atoms with Crippen molar-refractivity contribution < 1.29 is 4.52 Å². The van der Waals surface area contributed by atoms with E-state index in [1.807, 2.05) is 36.9 Å². The van der Waals surface area contributed by atoms with Gasteiger partial charge in [0, 0.05) is 11.3 Å². The number of nitrogens with zero attached hydrogens (tertiary/aromatic N) is 2. The largest absolute Gasteiger partial charge is 0.398 e. The van der Waals surface area contributed by atoms with Crippen molar-refractivity contribution in [3.63, 3.8) is 0 Å². The Labute approximate surface area is 110 Å². The Morgan fingerprint density at radius 3 is 3.06 bits per heavy atom. The molecule has 0 bridgehead atoms. The number of aryl methyl sites for hydroxylation is 1. The molecule has 1 aliphatic rings. The number of hydrogen-bond donors (Lipinski definition) is 1. The van der Waals surface area contributed by atoms with Crippen molar-refractivity contribution in [2.75, 3.05) is 11.5 Å². The highest BCUT2D eigenvalue weighted by Crippen LogP contribution is 2.38. The molecule has 2 N–H and O–H groups in total. The van der Waals surface area contributed by atoms with Gasteiger partial charge in [0.15, 0.2) is 5.82 Å². The Balaban J connectivity index is 1.89. The minimum Gasteiger partial charge on any atom is -0.398 e. The van der Waals surface area contributed by atoms with Crippen molar-refractivity contribution in [2.24, 2.45) is 0 Å². The van der Waals surface area contributed by atoms with Crippen LogP contribution >= 0.6 is 11.8 Å². The van der Waals surface area contributed by atoms with Gasteiger partial charge in [0.05, 0.1) is 5.25 Å². The third-order valence-electron chi connectivity index (χ3n) is 3.19. The second-order valence-corrected chi connectivity index (χ2v) is 5.84. The summed E-state index contributed by atoms with van der Waals surface area (Å²) in [7, 11) is 0. The lowest BCUT2D eigenvalue weighted by molar-refractivity contribution is 0.421. The molecule has 1 fully saturated rings. The Morgan fingerprint density at radius 1 is 1.44 bits per heavy atom. The van der Waals surface area contributed by atoms with Gasteiger partial charge in [-0.15, -0.1) is 0 Å². The predicted octanol–water partition coefficient (Wildman–Crippen LogP) is 3.20. The molecule has 94 valence electrons. The van der Waals surface area contributed by atoms with E-state index in [2.05, 4.69) is 10.1 Å². The van der Waals surface area contributed by atoms with Crippen molar-refractivity contribution in [3.05, 3.63) is 29.6 Å². The van der Waals surface area contributed by atoms with E-state index in [4.69, 9.17) is 10.3 Å². The molecule has 4 nitrogen and oxygen atoms in total. The van der Waals surface area contributed by atoms with Gasteiger partial charge >= 0.3 is 0 Å². The van der Waals surface area contributed by atoms with Crippen molar-refractivity contribution in [1.29, 1.82) is 0 Å². The molecule has 1 aromatic carbocycles. The van der Waals surface area contributed by atoms with Crippen molar-refractivity contribution in [3.8, 4) is 11.5 Å². The molecular formula is C13H15N3OS. The highest BCUT2D eigenvalue weighted by Gasteiger charge is 2.23. The van der Waals surface area contributed by atoms with Crippen LogP contribution in [0.25, 0.3) is 11.5 Å². The number of anilines is 1. The topological polar surface area (TPSA) is 64.9 Å². The van der Waals surface area contributed by atoms with E-state index in [-0.39, 0.29) is 0 Å². The summed E-state index contributed by atoms with van der Waals surface area (Å²) in [6, 6.07) is 5.82. The van der Waals surface area contributed by atoms with E-state index in [0.717, 1.165) is 29.1 Å². The van der Waals surface area contributed by atoms with Crippen molar-refractivity contribution in [1.82, 2.24) is 10.1 Å². The Hall–Kier alpha value is -1.49. The first-order valence-corrected chi connectivity index (χ1v) is 7.10. The van der Waals surface area contributed by atoms with E-state index < -0.39 is 0 Å². The Kier molecular flexibility index (Phi) is 2.99. The molecule has 1 atom stereocenters. The van der Waals surface area contributed by atoms with E-state index in [1.54, 1.807) is 0 Å². The van der Waals surface area contributed by atoms with Crippen LogP contribution in [0.15, 0.2) is 22.7 Å². The smallest absolute Gasteiger partial charge is 0.258 e. The molecule has 0 aliphatic carbocycles. The molecule has 0 amide bonds. The van der Waals surface area contributed by atoms with Gasteiger partial charge in [0.25, 0.3) is 5.89 Å². The van der Waals surface area contributed by atoms with Gasteiger partial charge in [-0.1, -0.05) is 11.2 Å². The van der Waals surface area contributed by atoms with Gasteiger partial charge < -0.3 is 10.3 Å². The number of rotatable bonds is 2. The maximum absolute atomic E-state index is 5.89. The van der Waals surface area contributed by atoms with Gasteiger partial charge in [-0.2, -0.15) is 16.7 Å². The van der Waals surface area contributed by atoms with Crippen LogP contribution in [0.5, 0.6) is 0 Å². The van der Waals surface area contributed by atoms with Gasteiger partial charge in [0.1, 0.15) is 0 Å². The SMILES string of the molecule is Cc1ccc(-c2nc(C3CCCS3)no2)cc1N. The molecule has 1 unspecified atom stereocenters. The van der Waals surface area contributed by atoms with Crippen LogP contribution in [0.2, 0.25) is 0 Å². The fourth-order valence-corrected chi connectivity index (χ4v) is 3.23. The van der Waals surface area contributed by atoms with Crippen LogP contribution < -0.4 is 5.73 Å². The first-order chi connectivity index (χ1) is 8.74. The van der Waals surface area contributed by atoms with E-state index in [9.17, 15) is 0 Å². The summed E-state index contributed by atoms with van der Waals surface area (Å²) in [5.41, 5.74) is 8.59. The molecule has 0 saturated carbocycles. The summed E-state index contributed by atoms with van der Waals surface area (Å²) >= 11 is 1.90. The van der Waals surface area contributed by atoms with Crippen LogP contribution in [-0.2, 0) is 0 Å². The summed E-state index contributed by atoms with van der Waals surface area (Å²) in [5, 5.41) is 4.47. The fourth-order valence-electron chi connectivity index (χ4n) is 2.04. The van der Waals surface area contributed by atoms with Crippen molar-refractivity contribution in [2.45, 2.75) is 25.0 Å². The van der Waals surface area contributed by atoms with Crippen molar-refractivity contribution >= 4 is 17.4 Å². The second kappa shape index (κ2) is 4.65. The van der Waals surface area contributed by atoms with Crippen LogP contribution in [0.3, 0.4) is 0 Å². The number of aromatic nitrogens is 2. The monoisotopic (exact) mass is 261 g/mol.